The first-order chi connectivity index (χ1) is 11.9. The van der Waals surface area contributed by atoms with Crippen LogP contribution < -0.4 is 0 Å². The van der Waals surface area contributed by atoms with E-state index in [1.165, 1.54) is 38.5 Å². The number of hydrogen-bond donors (Lipinski definition) is 0. The Bertz CT molecular complexity index is 686. The molecular formula is C22H26O2. The van der Waals surface area contributed by atoms with E-state index in [9.17, 15) is 0 Å². The van der Waals surface area contributed by atoms with E-state index < -0.39 is 0 Å². The van der Waals surface area contributed by atoms with Gasteiger partial charge in [-0.15, -0.1) is 0 Å². The average Bonchev–Trinajstić information content (AvgIpc) is 3.01. The van der Waals surface area contributed by atoms with Gasteiger partial charge in [0.2, 0.25) is 0 Å². The zero-order valence-corrected chi connectivity index (χ0v) is 14.1. The van der Waals surface area contributed by atoms with Crippen molar-refractivity contribution < 1.29 is 9.47 Å². The van der Waals surface area contributed by atoms with Crippen molar-refractivity contribution in [2.45, 2.75) is 62.9 Å². The predicted molar refractivity (Wildman–Crippen MR) is 84.8 cm³/mol. The first-order valence-corrected chi connectivity index (χ1v) is 11.2. The van der Waals surface area contributed by atoms with E-state index in [1.54, 1.807) is 0 Å². The second kappa shape index (κ2) is 2.87. The Balaban J connectivity index is 1.32. The highest BCUT2D eigenvalue weighted by Crippen LogP contribution is 2.94. The van der Waals surface area contributed by atoms with E-state index in [2.05, 4.69) is 0 Å². The molecule has 10 rings (SSSR count). The first kappa shape index (κ1) is 11.6. The van der Waals surface area contributed by atoms with Crippen LogP contribution in [0.25, 0.3) is 0 Å². The maximum atomic E-state index is 6.80. The minimum Gasteiger partial charge on any atom is -0.374 e. The summed E-state index contributed by atoms with van der Waals surface area (Å²) < 4.78 is 13.6. The van der Waals surface area contributed by atoms with Crippen LogP contribution in [-0.2, 0) is 9.47 Å². The molecule has 126 valence electrons. The summed E-state index contributed by atoms with van der Waals surface area (Å²) in [4.78, 5) is 0. The summed E-state index contributed by atoms with van der Waals surface area (Å²) in [5.74, 6) is 10.7. The zero-order chi connectivity index (χ0) is 14.7. The number of fused-ring (bicyclic) bond motifs is 2. The molecule has 8 aliphatic carbocycles. The molecule has 0 aromatic heterocycles. The molecule has 10 aliphatic rings. The van der Waals surface area contributed by atoms with E-state index in [1.807, 2.05) is 0 Å². The smallest absolute Gasteiger partial charge is 0.0648 e. The molecule has 2 saturated heterocycles. The van der Waals surface area contributed by atoms with Gasteiger partial charge in [0, 0.05) is 10.8 Å². The Kier molecular flexibility index (Phi) is 1.39. The minimum atomic E-state index is 0.675. The van der Waals surface area contributed by atoms with Crippen molar-refractivity contribution in [1.82, 2.24) is 0 Å². The van der Waals surface area contributed by atoms with Gasteiger partial charge in [0.1, 0.15) is 0 Å². The molecule has 0 bridgehead atoms. The van der Waals surface area contributed by atoms with Gasteiger partial charge in [0.05, 0.1) is 24.4 Å². The normalized spacial score (nSPS) is 87.0. The molecule has 2 spiro atoms. The molecule has 10 fully saturated rings. The molecule has 2 heteroatoms. The van der Waals surface area contributed by atoms with Gasteiger partial charge in [-0.2, -0.15) is 0 Å². The van der Waals surface area contributed by atoms with Crippen molar-refractivity contribution in [2.75, 3.05) is 0 Å². The third-order valence-corrected chi connectivity index (χ3v) is 12.4. The van der Waals surface area contributed by atoms with Gasteiger partial charge >= 0.3 is 0 Å². The van der Waals surface area contributed by atoms with E-state index in [0.717, 1.165) is 59.2 Å². The van der Waals surface area contributed by atoms with Crippen molar-refractivity contribution in [3.63, 3.8) is 0 Å². The van der Waals surface area contributed by atoms with E-state index in [-0.39, 0.29) is 0 Å². The molecule has 0 amide bonds. The highest BCUT2D eigenvalue weighted by molar-refractivity contribution is 5.40. The SMILES string of the molecule is C1C[C@@H]2O[C@H]3C[C@@]34[C@@H]3[C@H]2[C@@H]1[C@@H]1[C@H]3[C@H]2[C@H]3[C@H]5[C@H](CC[C@@H]5O[C@H]5C[C@]315)[C@@H]24. The van der Waals surface area contributed by atoms with Crippen LogP contribution in [0.3, 0.4) is 0 Å². The Morgan fingerprint density at radius 3 is 1.54 bits per heavy atom. The summed E-state index contributed by atoms with van der Waals surface area (Å²) in [5, 5.41) is 0. The largest absolute Gasteiger partial charge is 0.374 e. The van der Waals surface area contributed by atoms with E-state index in [4.69, 9.17) is 9.47 Å². The molecule has 0 N–H and O–H groups in total. The van der Waals surface area contributed by atoms with E-state index in [0.29, 0.717) is 35.2 Å². The highest BCUT2D eigenvalue weighted by atomic mass is 16.5. The van der Waals surface area contributed by atoms with Crippen LogP contribution in [0.2, 0.25) is 0 Å². The molecule has 0 aromatic carbocycles. The molecule has 2 heterocycles. The monoisotopic (exact) mass is 322 g/mol. The van der Waals surface area contributed by atoms with E-state index >= 15 is 0 Å². The summed E-state index contributed by atoms with van der Waals surface area (Å²) in [6, 6.07) is 0. The van der Waals surface area contributed by atoms with Gasteiger partial charge in [-0.1, -0.05) is 0 Å². The Labute approximate surface area is 143 Å². The second-order valence-electron chi connectivity index (χ2n) is 11.9. The van der Waals surface area contributed by atoms with Crippen LogP contribution in [-0.4, -0.2) is 24.4 Å². The molecule has 24 heavy (non-hydrogen) atoms. The van der Waals surface area contributed by atoms with Crippen molar-refractivity contribution in [2.24, 2.45) is 70.0 Å². The topological polar surface area (TPSA) is 18.5 Å². The fourth-order valence-electron chi connectivity index (χ4n) is 12.8. The van der Waals surface area contributed by atoms with Crippen LogP contribution in [0.1, 0.15) is 38.5 Å². The Morgan fingerprint density at radius 1 is 0.542 bits per heavy atom. The zero-order valence-electron chi connectivity index (χ0n) is 14.1. The van der Waals surface area contributed by atoms with Crippen LogP contribution >= 0.6 is 0 Å². The lowest BCUT2D eigenvalue weighted by atomic mass is 9.68. The molecule has 2 nitrogen and oxygen atoms in total. The molecule has 2 aliphatic heterocycles. The molecule has 8 saturated carbocycles. The Morgan fingerprint density at radius 2 is 1.04 bits per heavy atom. The van der Waals surface area contributed by atoms with Gasteiger partial charge in [-0.05, 0) is 97.7 Å². The van der Waals surface area contributed by atoms with Crippen molar-refractivity contribution in [3.05, 3.63) is 0 Å². The fraction of sp³-hybridized carbons (Fsp3) is 1.00. The summed E-state index contributed by atoms with van der Waals surface area (Å²) in [5.41, 5.74) is 1.38. The predicted octanol–water partition coefficient (Wildman–Crippen LogP) is 3.11. The second-order valence-corrected chi connectivity index (χ2v) is 11.9. The van der Waals surface area contributed by atoms with Gasteiger partial charge in [0.25, 0.3) is 0 Å². The molecule has 16 atom stereocenters. The number of ether oxygens (including phenoxy) is 2. The quantitative estimate of drug-likeness (QED) is 0.682. The standard InChI is InChI=1S/C22H26O2/c1-3-9-13-7(1)17-15-16-18(22(19(13)15)6-12(22)23-9)8-2-4-10-14(8)20(16)21(17)5-11(21)24-10/h7-20H,1-6H2/t7-,8+,9-,10-,11-,12-,13-,14-,15+,16+,17-,18+,19+,20+,21+,22+/m0/s1. The van der Waals surface area contributed by atoms with Crippen LogP contribution in [0.5, 0.6) is 0 Å². The number of rotatable bonds is 0. The lowest BCUT2D eigenvalue weighted by molar-refractivity contribution is -0.100. The van der Waals surface area contributed by atoms with Crippen molar-refractivity contribution >= 4 is 0 Å². The highest BCUT2D eigenvalue weighted by Gasteiger charge is 2.94. The lowest BCUT2D eigenvalue weighted by Gasteiger charge is -2.42. The maximum Gasteiger partial charge on any atom is 0.0648 e. The van der Waals surface area contributed by atoms with Crippen LogP contribution in [0, 0.1) is 70.0 Å². The molecular weight excluding hydrogens is 296 g/mol. The number of hydrogen-bond acceptors (Lipinski definition) is 2. The lowest BCUT2D eigenvalue weighted by Crippen LogP contribution is -2.43. The summed E-state index contributed by atoms with van der Waals surface area (Å²) in [6.45, 7) is 0. The first-order valence-electron chi connectivity index (χ1n) is 11.2. The van der Waals surface area contributed by atoms with Crippen LogP contribution in [0.15, 0.2) is 0 Å². The third kappa shape index (κ3) is 0.766. The van der Waals surface area contributed by atoms with Crippen molar-refractivity contribution in [1.29, 1.82) is 0 Å². The summed E-state index contributed by atoms with van der Waals surface area (Å²) in [7, 11) is 0. The van der Waals surface area contributed by atoms with Gasteiger partial charge in [-0.25, -0.2) is 0 Å². The Hall–Kier alpha value is -0.0800. The van der Waals surface area contributed by atoms with Crippen molar-refractivity contribution in [3.8, 4) is 0 Å². The third-order valence-electron chi connectivity index (χ3n) is 12.4. The molecule has 0 aromatic rings. The van der Waals surface area contributed by atoms with Gasteiger partial charge in [0.15, 0.2) is 0 Å². The fourth-order valence-corrected chi connectivity index (χ4v) is 12.8. The maximum absolute atomic E-state index is 6.80. The van der Waals surface area contributed by atoms with Gasteiger partial charge < -0.3 is 9.47 Å². The van der Waals surface area contributed by atoms with Gasteiger partial charge in [-0.3, -0.25) is 0 Å². The molecule has 0 unspecified atom stereocenters. The molecule has 0 radical (unpaired) electrons. The average molecular weight is 322 g/mol. The van der Waals surface area contributed by atoms with Crippen LogP contribution in [0.4, 0.5) is 0 Å². The minimum absolute atomic E-state index is 0.675. The summed E-state index contributed by atoms with van der Waals surface area (Å²) in [6.07, 6.45) is 11.5. The summed E-state index contributed by atoms with van der Waals surface area (Å²) >= 11 is 0.